The molecule has 2 heteroatoms. The zero-order valence-electron chi connectivity index (χ0n) is 10.9. The van der Waals surface area contributed by atoms with Crippen molar-refractivity contribution in [1.29, 1.82) is 0 Å². The Balaban J connectivity index is 2.17. The Labute approximate surface area is 111 Å². The molecule has 0 saturated carbocycles. The molecule has 0 aromatic heterocycles. The molecule has 1 aromatic carbocycles. The molecular formula is C15H21NSe. The molecule has 2 rings (SSSR count). The van der Waals surface area contributed by atoms with Crippen molar-refractivity contribution in [2.75, 3.05) is 0 Å². The van der Waals surface area contributed by atoms with Crippen molar-refractivity contribution in [2.45, 2.75) is 50.9 Å². The van der Waals surface area contributed by atoms with Gasteiger partial charge in [-0.25, -0.2) is 0 Å². The third-order valence-corrected chi connectivity index (χ3v) is 5.91. The molecule has 0 radical (unpaired) electrons. The van der Waals surface area contributed by atoms with Crippen LogP contribution in [0.5, 0.6) is 0 Å². The Kier molecular flexibility index (Phi) is 4.42. The van der Waals surface area contributed by atoms with Crippen LogP contribution in [0.15, 0.2) is 29.3 Å². The van der Waals surface area contributed by atoms with Crippen molar-refractivity contribution >= 4 is 19.6 Å². The minimum atomic E-state index is 0.512. The molecule has 0 bridgehead atoms. The van der Waals surface area contributed by atoms with E-state index in [1.807, 2.05) is 0 Å². The molecule has 1 aliphatic heterocycles. The van der Waals surface area contributed by atoms with E-state index in [2.05, 4.69) is 45.0 Å². The van der Waals surface area contributed by atoms with Gasteiger partial charge in [-0.15, -0.1) is 0 Å². The molecule has 17 heavy (non-hydrogen) atoms. The molecule has 0 spiro atoms. The van der Waals surface area contributed by atoms with E-state index in [1.54, 1.807) is 0 Å². The van der Waals surface area contributed by atoms with Crippen molar-refractivity contribution in [3.63, 3.8) is 0 Å². The molecule has 0 N–H and O–H groups in total. The first kappa shape index (κ1) is 12.9. The first-order valence-corrected chi connectivity index (χ1v) is 8.35. The van der Waals surface area contributed by atoms with E-state index in [0.29, 0.717) is 21.0 Å². The summed E-state index contributed by atoms with van der Waals surface area (Å²) in [7, 11) is 0. The van der Waals surface area contributed by atoms with E-state index in [-0.39, 0.29) is 0 Å². The molecule has 1 nitrogen and oxygen atoms in total. The molecule has 0 aliphatic carbocycles. The number of aryl methyl sites for hydroxylation is 1. The van der Waals surface area contributed by atoms with Gasteiger partial charge in [0.25, 0.3) is 0 Å². The van der Waals surface area contributed by atoms with Gasteiger partial charge in [0.15, 0.2) is 0 Å². The van der Waals surface area contributed by atoms with Gasteiger partial charge in [-0.3, -0.25) is 0 Å². The molecule has 0 saturated heterocycles. The van der Waals surface area contributed by atoms with Crippen LogP contribution in [0.25, 0.3) is 0 Å². The van der Waals surface area contributed by atoms with Gasteiger partial charge in [0.05, 0.1) is 0 Å². The van der Waals surface area contributed by atoms with Gasteiger partial charge in [-0.1, -0.05) is 0 Å². The molecule has 0 fully saturated rings. The van der Waals surface area contributed by atoms with Crippen LogP contribution >= 0.6 is 0 Å². The van der Waals surface area contributed by atoms with Crippen molar-refractivity contribution in [3.8, 4) is 0 Å². The Bertz CT molecular complexity index is 394. The summed E-state index contributed by atoms with van der Waals surface area (Å²) in [6.07, 6.45) is 3.97. The third kappa shape index (κ3) is 3.43. The number of nitrogens with zero attached hydrogens (tertiary/aromatic N) is 1. The number of hydrogen-bond acceptors (Lipinski definition) is 1. The van der Waals surface area contributed by atoms with E-state index in [4.69, 9.17) is 4.99 Å². The number of hydrogen-bond donors (Lipinski definition) is 0. The molecule has 0 amide bonds. The van der Waals surface area contributed by atoms with Gasteiger partial charge in [0, 0.05) is 0 Å². The first-order chi connectivity index (χ1) is 8.19. The summed E-state index contributed by atoms with van der Waals surface area (Å²) in [5.41, 5.74) is 2.68. The predicted octanol–water partition coefficient (Wildman–Crippen LogP) is 3.83. The summed E-state index contributed by atoms with van der Waals surface area (Å²) in [6.45, 7) is 6.68. The quantitative estimate of drug-likeness (QED) is 0.751. The normalized spacial score (nSPS) is 24.5. The molecule has 1 heterocycles. The summed E-state index contributed by atoms with van der Waals surface area (Å²) >= 11 is 0.567. The van der Waals surface area contributed by atoms with E-state index in [1.165, 1.54) is 35.0 Å². The Morgan fingerprint density at radius 3 is 2.65 bits per heavy atom. The van der Waals surface area contributed by atoms with E-state index in [0.717, 1.165) is 4.82 Å². The van der Waals surface area contributed by atoms with Gasteiger partial charge >= 0.3 is 111 Å². The molecular weight excluding hydrogens is 273 g/mol. The van der Waals surface area contributed by atoms with Crippen molar-refractivity contribution < 1.29 is 0 Å². The average Bonchev–Trinajstić information content (AvgIpc) is 2.29. The molecule has 2 atom stereocenters. The van der Waals surface area contributed by atoms with Crippen LogP contribution in [0, 0.1) is 6.92 Å². The van der Waals surface area contributed by atoms with Crippen LogP contribution in [0.3, 0.4) is 0 Å². The Morgan fingerprint density at radius 1 is 1.29 bits per heavy atom. The second kappa shape index (κ2) is 5.84. The van der Waals surface area contributed by atoms with Gasteiger partial charge in [0.1, 0.15) is 0 Å². The van der Waals surface area contributed by atoms with Crippen LogP contribution in [0.2, 0.25) is 4.82 Å². The van der Waals surface area contributed by atoms with Crippen LogP contribution in [-0.2, 0) is 0 Å². The number of rotatable bonds is 3. The molecule has 92 valence electrons. The summed E-state index contributed by atoms with van der Waals surface area (Å²) in [6, 6.07) is 9.37. The van der Waals surface area contributed by atoms with Crippen LogP contribution in [0.4, 0.5) is 0 Å². The SMILES string of the molecule is CCCC1CC(C)N=C(c2ccc(C)cc2)[Se]1. The molecule has 1 aliphatic rings. The fraction of sp³-hybridized carbons (Fsp3) is 0.533. The van der Waals surface area contributed by atoms with Crippen molar-refractivity contribution in [2.24, 2.45) is 4.99 Å². The molecule has 1 aromatic rings. The maximum atomic E-state index is 4.86. The van der Waals surface area contributed by atoms with Crippen LogP contribution in [0.1, 0.15) is 44.2 Å². The van der Waals surface area contributed by atoms with Gasteiger partial charge < -0.3 is 0 Å². The second-order valence-corrected chi connectivity index (χ2v) is 7.62. The zero-order valence-corrected chi connectivity index (χ0v) is 12.7. The summed E-state index contributed by atoms with van der Waals surface area (Å²) in [5, 5.41) is 0. The standard InChI is InChI=1S/C15H21NSe/c1-4-5-14-10-12(3)16-15(17-14)13-8-6-11(2)7-9-13/h6-9,12,14H,4-5,10H2,1-3H3. The zero-order chi connectivity index (χ0) is 12.3. The number of aliphatic imine (C=N–C) groups is 1. The second-order valence-electron chi connectivity index (χ2n) is 4.91. The van der Waals surface area contributed by atoms with E-state index >= 15 is 0 Å². The summed E-state index contributed by atoms with van der Waals surface area (Å²) < 4.78 is 1.38. The average molecular weight is 294 g/mol. The summed E-state index contributed by atoms with van der Waals surface area (Å²) in [5.74, 6) is 0. The fourth-order valence-electron chi connectivity index (χ4n) is 2.21. The van der Waals surface area contributed by atoms with Gasteiger partial charge in [-0.2, -0.15) is 0 Å². The Hall–Kier alpha value is -0.591. The van der Waals surface area contributed by atoms with E-state index < -0.39 is 0 Å². The summed E-state index contributed by atoms with van der Waals surface area (Å²) in [4.78, 5) is 5.76. The third-order valence-electron chi connectivity index (χ3n) is 3.13. The van der Waals surface area contributed by atoms with Crippen LogP contribution in [-0.4, -0.2) is 25.6 Å². The van der Waals surface area contributed by atoms with Gasteiger partial charge in [0.2, 0.25) is 0 Å². The minimum absolute atomic E-state index is 0.512. The fourth-order valence-corrected chi connectivity index (χ4v) is 5.47. The topological polar surface area (TPSA) is 12.4 Å². The molecule has 2 unspecified atom stereocenters. The van der Waals surface area contributed by atoms with Crippen LogP contribution < -0.4 is 0 Å². The monoisotopic (exact) mass is 295 g/mol. The maximum absolute atomic E-state index is 4.86. The number of benzene rings is 1. The Morgan fingerprint density at radius 2 is 2.00 bits per heavy atom. The van der Waals surface area contributed by atoms with Crippen molar-refractivity contribution in [3.05, 3.63) is 35.4 Å². The van der Waals surface area contributed by atoms with Gasteiger partial charge in [-0.05, 0) is 0 Å². The first-order valence-electron chi connectivity index (χ1n) is 6.50. The van der Waals surface area contributed by atoms with E-state index in [9.17, 15) is 0 Å². The predicted molar refractivity (Wildman–Crippen MR) is 76.2 cm³/mol. The van der Waals surface area contributed by atoms with Crippen molar-refractivity contribution in [1.82, 2.24) is 0 Å².